The van der Waals surface area contributed by atoms with Crippen molar-refractivity contribution >= 4 is 21.6 Å². The lowest BCUT2D eigenvalue weighted by atomic mass is 10.0. The highest BCUT2D eigenvalue weighted by atomic mass is 32.2. The number of hydrogen-bond donors (Lipinski definition) is 1. The summed E-state index contributed by atoms with van der Waals surface area (Å²) in [5, 5.41) is 10.1. The molecule has 3 rings (SSSR count). The van der Waals surface area contributed by atoms with Gasteiger partial charge < -0.3 is 29.1 Å². The molecule has 11 heteroatoms. The van der Waals surface area contributed by atoms with Crippen molar-refractivity contribution < 1.29 is 32.5 Å². The third kappa shape index (κ3) is 8.37. The molecule has 2 aromatic carbocycles. The lowest BCUT2D eigenvalue weighted by molar-refractivity contribution is -0.00833. The number of benzene rings is 2. The van der Waals surface area contributed by atoms with Crippen LogP contribution in [0.4, 0.5) is 5.69 Å². The van der Waals surface area contributed by atoms with Crippen molar-refractivity contribution in [3.63, 3.8) is 0 Å². The summed E-state index contributed by atoms with van der Waals surface area (Å²) in [5.41, 5.74) is 1.28. The first kappa shape index (κ1) is 33.6. The summed E-state index contributed by atoms with van der Waals surface area (Å²) < 4.78 is 45.9. The second-order valence-corrected chi connectivity index (χ2v) is 13.4. The van der Waals surface area contributed by atoms with E-state index >= 15 is 0 Å². The van der Waals surface area contributed by atoms with Gasteiger partial charge in [0.1, 0.15) is 11.5 Å². The van der Waals surface area contributed by atoms with Crippen LogP contribution >= 0.6 is 0 Å². The van der Waals surface area contributed by atoms with Gasteiger partial charge in [-0.15, -0.1) is 0 Å². The van der Waals surface area contributed by atoms with Crippen molar-refractivity contribution in [3.8, 4) is 11.5 Å². The lowest BCUT2D eigenvalue weighted by Gasteiger charge is -2.35. The van der Waals surface area contributed by atoms with Gasteiger partial charge in [0.15, 0.2) is 0 Å². The molecule has 1 amide bonds. The Morgan fingerprint density at radius 1 is 1.10 bits per heavy atom. The summed E-state index contributed by atoms with van der Waals surface area (Å²) in [6, 6.07) is 11.4. The van der Waals surface area contributed by atoms with Gasteiger partial charge >= 0.3 is 0 Å². The van der Waals surface area contributed by atoms with Crippen molar-refractivity contribution in [1.29, 1.82) is 0 Å². The van der Waals surface area contributed by atoms with E-state index in [0.29, 0.717) is 23.7 Å². The summed E-state index contributed by atoms with van der Waals surface area (Å²) in [5.74, 6) is 0.571. The van der Waals surface area contributed by atoms with E-state index in [9.17, 15) is 18.3 Å². The molecule has 10 nitrogen and oxygen atoms in total. The number of carbonyl (C=O) groups is 1. The maximum atomic E-state index is 14.1. The molecule has 0 fully saturated rings. The van der Waals surface area contributed by atoms with Gasteiger partial charge in [0.05, 0.1) is 42.4 Å². The molecule has 234 valence electrons. The van der Waals surface area contributed by atoms with E-state index in [0.717, 1.165) is 24.9 Å². The molecule has 2 aromatic rings. The second-order valence-electron chi connectivity index (χ2n) is 11.3. The SMILES string of the molecule is COc1ccc(S(=O)(=O)N(C)C[C@H]2OCCCC[C@H](C)Oc3ccc(N(C)C)cc3C(=O)N([C@H](C)CO)C[C@@H]2C)cc1. The first-order valence-electron chi connectivity index (χ1n) is 14.5. The number of hydrogen-bond acceptors (Lipinski definition) is 8. The van der Waals surface area contributed by atoms with Crippen LogP contribution in [0.5, 0.6) is 11.5 Å². The Kier molecular flexibility index (Phi) is 12.0. The highest BCUT2D eigenvalue weighted by molar-refractivity contribution is 7.89. The van der Waals surface area contributed by atoms with Crippen molar-refractivity contribution in [1.82, 2.24) is 9.21 Å². The van der Waals surface area contributed by atoms with Gasteiger partial charge in [-0.1, -0.05) is 6.92 Å². The number of aliphatic hydroxyl groups is 1. The second kappa shape index (κ2) is 15.0. The number of fused-ring (bicyclic) bond motifs is 1. The Labute approximate surface area is 251 Å². The van der Waals surface area contributed by atoms with Crippen molar-refractivity contribution in [2.75, 3.05) is 59.5 Å². The van der Waals surface area contributed by atoms with E-state index in [-0.39, 0.29) is 42.5 Å². The van der Waals surface area contributed by atoms with Crippen LogP contribution in [-0.2, 0) is 14.8 Å². The molecule has 0 spiro atoms. The fourth-order valence-electron chi connectivity index (χ4n) is 4.93. The minimum Gasteiger partial charge on any atom is -0.497 e. The van der Waals surface area contributed by atoms with Gasteiger partial charge in [-0.05, 0) is 75.6 Å². The summed E-state index contributed by atoms with van der Waals surface area (Å²) in [6.45, 7) is 6.31. The van der Waals surface area contributed by atoms with Gasteiger partial charge in [-0.2, -0.15) is 4.31 Å². The van der Waals surface area contributed by atoms with E-state index in [1.165, 1.54) is 30.6 Å². The molecule has 0 bridgehead atoms. The van der Waals surface area contributed by atoms with E-state index in [1.807, 2.05) is 51.0 Å². The first-order valence-corrected chi connectivity index (χ1v) is 15.9. The predicted octanol–water partition coefficient (Wildman–Crippen LogP) is 3.88. The zero-order valence-corrected chi connectivity index (χ0v) is 26.8. The van der Waals surface area contributed by atoms with Crippen LogP contribution in [-0.4, -0.2) is 101 Å². The standard InChI is InChI=1S/C31H47N3O7S/c1-22-19-34(23(2)21-35)31(36)28-18-25(32(4)5)11-16-29(28)41-24(3)10-8-9-17-40-30(22)20-33(6)42(37,38)27-14-12-26(39-7)13-15-27/h11-16,18,22-24,30,35H,8-10,17,19-21H2,1-7H3/t22-,23+,24-,30+/m0/s1. The first-order chi connectivity index (χ1) is 19.9. The summed E-state index contributed by atoms with van der Waals surface area (Å²) in [4.78, 5) is 17.8. The molecule has 4 atom stereocenters. The molecule has 0 saturated heterocycles. The molecule has 0 aromatic heterocycles. The third-order valence-electron chi connectivity index (χ3n) is 7.76. The molecule has 42 heavy (non-hydrogen) atoms. The number of rotatable bonds is 8. The quantitative estimate of drug-likeness (QED) is 0.483. The number of ether oxygens (including phenoxy) is 3. The van der Waals surface area contributed by atoms with Crippen molar-refractivity contribution in [3.05, 3.63) is 48.0 Å². The predicted molar refractivity (Wildman–Crippen MR) is 164 cm³/mol. The molecule has 1 aliphatic heterocycles. The zero-order valence-electron chi connectivity index (χ0n) is 25.9. The highest BCUT2D eigenvalue weighted by Crippen LogP contribution is 2.29. The Balaban J connectivity index is 1.95. The van der Waals surface area contributed by atoms with Gasteiger partial charge in [-0.3, -0.25) is 4.79 Å². The van der Waals surface area contributed by atoms with Gasteiger partial charge in [0.25, 0.3) is 5.91 Å². The minimum absolute atomic E-state index is 0.103. The average Bonchev–Trinajstić information content (AvgIpc) is 2.97. The van der Waals surface area contributed by atoms with Crippen LogP contribution in [0.2, 0.25) is 0 Å². The van der Waals surface area contributed by atoms with E-state index in [4.69, 9.17) is 14.2 Å². The lowest BCUT2D eigenvalue weighted by Crippen LogP contribution is -2.48. The molecular formula is C31H47N3O7S. The highest BCUT2D eigenvalue weighted by Gasteiger charge is 2.32. The van der Waals surface area contributed by atoms with Crippen LogP contribution in [0.1, 0.15) is 50.4 Å². The van der Waals surface area contributed by atoms with Crippen LogP contribution < -0.4 is 14.4 Å². The number of likely N-dealkylation sites (N-methyl/N-ethyl adjacent to an activating group) is 1. The molecule has 1 aliphatic rings. The monoisotopic (exact) mass is 605 g/mol. The van der Waals surface area contributed by atoms with Crippen LogP contribution in [0, 0.1) is 5.92 Å². The molecule has 1 N–H and O–H groups in total. The Bertz CT molecular complexity index is 1270. The van der Waals surface area contributed by atoms with Gasteiger partial charge in [0.2, 0.25) is 10.0 Å². The van der Waals surface area contributed by atoms with Crippen LogP contribution in [0.25, 0.3) is 0 Å². The van der Waals surface area contributed by atoms with Crippen LogP contribution in [0.3, 0.4) is 0 Å². The maximum Gasteiger partial charge on any atom is 0.258 e. The molecule has 0 radical (unpaired) electrons. The Morgan fingerprint density at radius 2 is 1.79 bits per heavy atom. The molecular weight excluding hydrogens is 558 g/mol. The normalized spacial score (nSPS) is 21.7. The molecule has 0 unspecified atom stereocenters. The summed E-state index contributed by atoms with van der Waals surface area (Å²) in [7, 11) is 3.09. The third-order valence-corrected chi connectivity index (χ3v) is 9.59. The number of anilines is 1. The fourth-order valence-corrected chi connectivity index (χ4v) is 6.11. The van der Waals surface area contributed by atoms with Gasteiger partial charge in [-0.25, -0.2) is 8.42 Å². The number of amides is 1. The number of carbonyl (C=O) groups excluding carboxylic acids is 1. The molecule has 1 heterocycles. The number of aliphatic hydroxyl groups excluding tert-OH is 1. The van der Waals surface area contributed by atoms with E-state index < -0.39 is 22.2 Å². The average molecular weight is 606 g/mol. The number of nitrogens with zero attached hydrogens (tertiary/aromatic N) is 3. The summed E-state index contributed by atoms with van der Waals surface area (Å²) in [6.07, 6.45) is 1.80. The smallest absolute Gasteiger partial charge is 0.258 e. The minimum atomic E-state index is -3.80. The number of sulfonamides is 1. The van der Waals surface area contributed by atoms with Crippen LogP contribution in [0.15, 0.2) is 47.4 Å². The maximum absolute atomic E-state index is 14.1. The largest absolute Gasteiger partial charge is 0.497 e. The van der Waals surface area contributed by atoms with Crippen molar-refractivity contribution in [2.45, 2.75) is 63.2 Å². The molecule has 0 aliphatic carbocycles. The number of methoxy groups -OCH3 is 1. The summed E-state index contributed by atoms with van der Waals surface area (Å²) >= 11 is 0. The van der Waals surface area contributed by atoms with E-state index in [1.54, 1.807) is 24.0 Å². The molecule has 0 saturated carbocycles. The Hall–Kier alpha value is -2.86. The van der Waals surface area contributed by atoms with E-state index in [2.05, 4.69) is 0 Å². The zero-order chi connectivity index (χ0) is 31.0. The van der Waals surface area contributed by atoms with Crippen molar-refractivity contribution in [2.24, 2.45) is 5.92 Å². The topological polar surface area (TPSA) is 109 Å². The van der Waals surface area contributed by atoms with Gasteiger partial charge in [0, 0.05) is 52.4 Å². The Morgan fingerprint density at radius 3 is 2.40 bits per heavy atom. The fraction of sp³-hybridized carbons (Fsp3) is 0.581.